The lowest BCUT2D eigenvalue weighted by Crippen LogP contribution is -2.29. The number of ether oxygens (including phenoxy) is 1. The van der Waals surface area contributed by atoms with Crippen LogP contribution < -0.4 is 16.0 Å². The van der Waals surface area contributed by atoms with E-state index in [0.717, 1.165) is 11.1 Å². The van der Waals surface area contributed by atoms with E-state index in [9.17, 15) is 8.78 Å². The fraction of sp³-hybridized carbons (Fsp3) is 0.231. The third-order valence-corrected chi connectivity index (χ3v) is 3.44. The van der Waals surface area contributed by atoms with Crippen LogP contribution in [0.3, 0.4) is 0 Å². The first-order chi connectivity index (χ1) is 9.19. The largest absolute Gasteiger partial charge is 0.435 e. The molecule has 1 unspecified atom stereocenters. The van der Waals surface area contributed by atoms with Crippen LogP contribution >= 0.6 is 11.3 Å². The first-order valence-corrected chi connectivity index (χ1v) is 6.65. The molecule has 3 nitrogen and oxygen atoms in total. The summed E-state index contributed by atoms with van der Waals surface area (Å²) < 4.78 is 28.7. The molecule has 0 amide bonds. The van der Waals surface area contributed by atoms with Gasteiger partial charge in [0.1, 0.15) is 5.75 Å². The van der Waals surface area contributed by atoms with Crippen molar-refractivity contribution in [3.63, 3.8) is 0 Å². The summed E-state index contributed by atoms with van der Waals surface area (Å²) in [6, 6.07) is 8.43. The molecule has 0 fully saturated rings. The average molecular weight is 284 g/mol. The monoisotopic (exact) mass is 284 g/mol. The third kappa shape index (κ3) is 3.99. The Bertz CT molecular complexity index is 505. The highest BCUT2D eigenvalue weighted by molar-refractivity contribution is 7.07. The predicted molar refractivity (Wildman–Crippen MR) is 71.2 cm³/mol. The molecule has 19 heavy (non-hydrogen) atoms. The molecule has 1 atom stereocenters. The van der Waals surface area contributed by atoms with Crippen LogP contribution in [0, 0.1) is 0 Å². The molecule has 102 valence electrons. The smallest absolute Gasteiger partial charge is 0.387 e. The van der Waals surface area contributed by atoms with Gasteiger partial charge in [-0.3, -0.25) is 11.3 Å². The minimum Gasteiger partial charge on any atom is -0.435 e. The van der Waals surface area contributed by atoms with Crippen molar-refractivity contribution >= 4 is 11.3 Å². The van der Waals surface area contributed by atoms with E-state index in [1.165, 1.54) is 6.07 Å². The second-order valence-corrected chi connectivity index (χ2v) is 4.79. The van der Waals surface area contributed by atoms with Crippen molar-refractivity contribution in [2.24, 2.45) is 5.84 Å². The lowest BCUT2D eigenvalue weighted by atomic mass is 10.0. The van der Waals surface area contributed by atoms with E-state index < -0.39 is 6.61 Å². The maximum atomic E-state index is 12.2. The SMILES string of the molecule is NNC(Cc1ccsc1)c1cccc(OC(F)F)c1. The maximum Gasteiger partial charge on any atom is 0.387 e. The van der Waals surface area contributed by atoms with E-state index in [4.69, 9.17) is 5.84 Å². The summed E-state index contributed by atoms with van der Waals surface area (Å²) >= 11 is 1.61. The number of halogens is 2. The Balaban J connectivity index is 2.13. The molecule has 2 aromatic rings. The molecule has 0 saturated carbocycles. The number of benzene rings is 1. The first-order valence-electron chi connectivity index (χ1n) is 5.71. The number of thiophene rings is 1. The number of nitrogens with two attached hydrogens (primary N) is 1. The van der Waals surface area contributed by atoms with Gasteiger partial charge in [-0.25, -0.2) is 0 Å². The van der Waals surface area contributed by atoms with Crippen molar-refractivity contribution in [1.29, 1.82) is 0 Å². The molecular formula is C13H14F2N2OS. The molecule has 1 aromatic heterocycles. The zero-order chi connectivity index (χ0) is 13.7. The molecule has 0 bridgehead atoms. The Labute approximate surface area is 114 Å². The summed E-state index contributed by atoms with van der Waals surface area (Å²) in [5, 5.41) is 4.02. The van der Waals surface area contributed by atoms with E-state index in [0.29, 0.717) is 6.42 Å². The van der Waals surface area contributed by atoms with Crippen LogP contribution in [0.25, 0.3) is 0 Å². The zero-order valence-corrected chi connectivity index (χ0v) is 10.9. The predicted octanol–water partition coefficient (Wildman–Crippen LogP) is 3.10. The summed E-state index contributed by atoms with van der Waals surface area (Å²) in [6.07, 6.45) is 0.693. The van der Waals surface area contributed by atoms with Crippen molar-refractivity contribution in [2.75, 3.05) is 0 Å². The van der Waals surface area contributed by atoms with Gasteiger partial charge in [0.2, 0.25) is 0 Å². The minimum absolute atomic E-state index is 0.137. The highest BCUT2D eigenvalue weighted by Gasteiger charge is 2.13. The summed E-state index contributed by atoms with van der Waals surface area (Å²) in [6.45, 7) is -2.82. The van der Waals surface area contributed by atoms with Gasteiger partial charge in [0, 0.05) is 0 Å². The lowest BCUT2D eigenvalue weighted by Gasteiger charge is -2.16. The number of alkyl halides is 2. The van der Waals surface area contributed by atoms with Gasteiger partial charge in [-0.05, 0) is 46.5 Å². The van der Waals surface area contributed by atoms with Crippen LogP contribution in [0.4, 0.5) is 8.78 Å². The Morgan fingerprint density at radius 2 is 2.16 bits per heavy atom. The molecule has 0 saturated heterocycles. The number of hydrogen-bond acceptors (Lipinski definition) is 4. The highest BCUT2D eigenvalue weighted by Crippen LogP contribution is 2.23. The first kappa shape index (κ1) is 13.9. The fourth-order valence-electron chi connectivity index (χ4n) is 1.82. The van der Waals surface area contributed by atoms with E-state index in [2.05, 4.69) is 10.2 Å². The standard InChI is InChI=1S/C13H14F2N2OS/c14-13(15)18-11-3-1-2-10(7-11)12(17-16)6-9-4-5-19-8-9/h1-5,7-8,12-13,17H,6,16H2. The highest BCUT2D eigenvalue weighted by atomic mass is 32.1. The molecule has 1 heterocycles. The second kappa shape index (κ2) is 6.60. The molecular weight excluding hydrogens is 270 g/mol. The van der Waals surface area contributed by atoms with Crippen LogP contribution in [0.5, 0.6) is 5.75 Å². The molecule has 1 aromatic carbocycles. The van der Waals surface area contributed by atoms with Crippen LogP contribution in [0.15, 0.2) is 41.1 Å². The van der Waals surface area contributed by atoms with Crippen LogP contribution in [0.2, 0.25) is 0 Å². The van der Waals surface area contributed by atoms with Crippen molar-refractivity contribution in [1.82, 2.24) is 5.43 Å². The van der Waals surface area contributed by atoms with Gasteiger partial charge in [0.15, 0.2) is 0 Å². The molecule has 0 spiro atoms. The summed E-state index contributed by atoms with van der Waals surface area (Å²) in [5.74, 6) is 5.67. The van der Waals surface area contributed by atoms with Crippen molar-refractivity contribution < 1.29 is 13.5 Å². The molecule has 0 radical (unpaired) electrons. The number of rotatable bonds is 6. The topological polar surface area (TPSA) is 47.3 Å². The van der Waals surface area contributed by atoms with Crippen LogP contribution in [0.1, 0.15) is 17.2 Å². The van der Waals surface area contributed by atoms with Gasteiger partial charge in [0.05, 0.1) is 6.04 Å². The van der Waals surface area contributed by atoms with E-state index in [1.54, 1.807) is 23.5 Å². The lowest BCUT2D eigenvalue weighted by molar-refractivity contribution is -0.0499. The number of hydrogen-bond donors (Lipinski definition) is 2. The van der Waals surface area contributed by atoms with Crippen molar-refractivity contribution in [2.45, 2.75) is 19.1 Å². The number of hydrazine groups is 1. The summed E-state index contributed by atoms with van der Waals surface area (Å²) in [7, 11) is 0. The summed E-state index contributed by atoms with van der Waals surface area (Å²) in [5.41, 5.74) is 4.66. The summed E-state index contributed by atoms with van der Waals surface area (Å²) in [4.78, 5) is 0. The van der Waals surface area contributed by atoms with Gasteiger partial charge in [-0.15, -0.1) is 0 Å². The number of nitrogens with one attached hydrogen (secondary N) is 1. The van der Waals surface area contributed by atoms with Gasteiger partial charge in [-0.2, -0.15) is 20.1 Å². The fourth-order valence-corrected chi connectivity index (χ4v) is 2.51. The van der Waals surface area contributed by atoms with E-state index in [1.807, 2.05) is 22.9 Å². The Morgan fingerprint density at radius 3 is 2.79 bits per heavy atom. The normalized spacial score (nSPS) is 12.6. The van der Waals surface area contributed by atoms with Gasteiger partial charge in [0.25, 0.3) is 0 Å². The van der Waals surface area contributed by atoms with Crippen molar-refractivity contribution in [3.8, 4) is 5.75 Å². The zero-order valence-electron chi connectivity index (χ0n) is 10.1. The Morgan fingerprint density at radius 1 is 1.32 bits per heavy atom. The molecule has 0 aliphatic rings. The quantitative estimate of drug-likeness (QED) is 0.633. The molecule has 0 aliphatic heterocycles. The second-order valence-electron chi connectivity index (χ2n) is 4.01. The van der Waals surface area contributed by atoms with Gasteiger partial charge < -0.3 is 4.74 Å². The Kier molecular flexibility index (Phi) is 4.84. The van der Waals surface area contributed by atoms with Crippen LogP contribution in [-0.2, 0) is 6.42 Å². The van der Waals surface area contributed by atoms with E-state index >= 15 is 0 Å². The molecule has 3 N–H and O–H groups in total. The molecule has 6 heteroatoms. The molecule has 0 aliphatic carbocycles. The van der Waals surface area contributed by atoms with Crippen LogP contribution in [-0.4, -0.2) is 6.61 Å². The minimum atomic E-state index is -2.82. The van der Waals surface area contributed by atoms with Gasteiger partial charge >= 0.3 is 6.61 Å². The van der Waals surface area contributed by atoms with Crippen molar-refractivity contribution in [3.05, 3.63) is 52.2 Å². The maximum absolute atomic E-state index is 12.2. The average Bonchev–Trinajstić information content (AvgIpc) is 2.88. The van der Waals surface area contributed by atoms with Gasteiger partial charge in [-0.1, -0.05) is 12.1 Å². The third-order valence-electron chi connectivity index (χ3n) is 2.71. The Hall–Kier alpha value is -1.50. The van der Waals surface area contributed by atoms with E-state index in [-0.39, 0.29) is 11.8 Å². The molecule has 2 rings (SSSR count).